The third-order valence-corrected chi connectivity index (χ3v) is 5.77. The number of carbonyl (C=O) groups excluding carboxylic acids is 2. The molecule has 11 heteroatoms. The van der Waals surface area contributed by atoms with Gasteiger partial charge in [0.05, 0.1) is 11.4 Å². The predicted octanol–water partition coefficient (Wildman–Crippen LogP) is 3.46. The quantitative estimate of drug-likeness (QED) is 0.288. The summed E-state index contributed by atoms with van der Waals surface area (Å²) in [4.78, 5) is 32.7. The van der Waals surface area contributed by atoms with Crippen LogP contribution in [0.2, 0.25) is 0 Å². The van der Waals surface area contributed by atoms with Crippen LogP contribution in [0.5, 0.6) is 0 Å². The molecule has 3 N–H and O–H groups in total. The highest BCUT2D eigenvalue weighted by molar-refractivity contribution is 9.10. The first-order chi connectivity index (χ1) is 15.5. The molecule has 0 aliphatic rings. The van der Waals surface area contributed by atoms with Gasteiger partial charge in [0.2, 0.25) is 5.91 Å². The van der Waals surface area contributed by atoms with Crippen molar-refractivity contribution in [3.63, 3.8) is 0 Å². The molecule has 2 amide bonds. The second-order valence-electron chi connectivity index (χ2n) is 6.49. The fraction of sp³-hybridized carbons (Fsp3) is 0.0476. The zero-order valence-electron chi connectivity index (χ0n) is 16.5. The van der Waals surface area contributed by atoms with E-state index in [0.717, 1.165) is 10.2 Å². The summed E-state index contributed by atoms with van der Waals surface area (Å²) in [6.45, 7) is 0. The molecule has 0 saturated heterocycles. The van der Waals surface area contributed by atoms with E-state index in [1.807, 2.05) is 24.3 Å². The van der Waals surface area contributed by atoms with E-state index in [1.54, 1.807) is 47.4 Å². The Kier molecular flexibility index (Phi) is 6.57. The van der Waals surface area contributed by atoms with Gasteiger partial charge >= 0.3 is 0 Å². The summed E-state index contributed by atoms with van der Waals surface area (Å²) in [5.41, 5.74) is 7.65. The van der Waals surface area contributed by atoms with E-state index in [2.05, 4.69) is 41.5 Å². The molecule has 4 aromatic rings. The van der Waals surface area contributed by atoms with Crippen LogP contribution in [-0.4, -0.2) is 36.8 Å². The number of halogens is 1. The molecule has 0 aliphatic heterocycles. The Bertz CT molecular complexity index is 1250. The van der Waals surface area contributed by atoms with Gasteiger partial charge in [-0.25, -0.2) is 14.6 Å². The smallest absolute Gasteiger partial charge is 0.278 e. The average molecular weight is 510 g/mol. The Balaban J connectivity index is 1.63. The SMILES string of the molecule is NC(=O)c1ccc(NC(=O)c2nnn(-c3ccc(Br)cc3)c2CSc2ncccn2)cc1. The first-order valence-corrected chi connectivity index (χ1v) is 11.1. The molecule has 2 heterocycles. The van der Waals surface area contributed by atoms with Gasteiger partial charge in [-0.3, -0.25) is 9.59 Å². The number of carbonyl (C=O) groups is 2. The number of primary amides is 1. The van der Waals surface area contributed by atoms with E-state index in [9.17, 15) is 9.59 Å². The van der Waals surface area contributed by atoms with Crippen molar-refractivity contribution in [1.82, 2.24) is 25.0 Å². The number of nitrogens with zero attached hydrogens (tertiary/aromatic N) is 5. The number of anilines is 1. The van der Waals surface area contributed by atoms with Crippen LogP contribution in [0.1, 0.15) is 26.5 Å². The van der Waals surface area contributed by atoms with E-state index in [1.165, 1.54) is 11.8 Å². The standard InChI is InChI=1S/C21H16BrN7O2S/c22-14-4-8-16(9-5-14)29-17(12-32-21-24-10-1-11-25-21)18(27-28-29)20(31)26-15-6-2-13(3-7-15)19(23)30/h1-11H,12H2,(H2,23,30)(H,26,31). The van der Waals surface area contributed by atoms with Gasteiger partial charge in [0, 0.05) is 33.9 Å². The van der Waals surface area contributed by atoms with Crippen molar-refractivity contribution in [2.24, 2.45) is 5.73 Å². The number of thioether (sulfide) groups is 1. The van der Waals surface area contributed by atoms with Crippen LogP contribution in [-0.2, 0) is 5.75 Å². The lowest BCUT2D eigenvalue weighted by Gasteiger charge is -2.09. The van der Waals surface area contributed by atoms with Gasteiger partial charge in [0.15, 0.2) is 10.9 Å². The normalized spacial score (nSPS) is 10.7. The largest absolute Gasteiger partial charge is 0.366 e. The van der Waals surface area contributed by atoms with Crippen molar-refractivity contribution in [2.45, 2.75) is 10.9 Å². The molecule has 0 unspecified atom stereocenters. The molecule has 0 atom stereocenters. The van der Waals surface area contributed by atoms with Crippen LogP contribution < -0.4 is 11.1 Å². The van der Waals surface area contributed by atoms with Gasteiger partial charge in [-0.05, 0) is 54.6 Å². The Morgan fingerprint density at radius 2 is 1.72 bits per heavy atom. The maximum atomic E-state index is 13.0. The molecular formula is C21H16BrN7O2S. The number of rotatable bonds is 7. The summed E-state index contributed by atoms with van der Waals surface area (Å²) >= 11 is 4.79. The van der Waals surface area contributed by atoms with E-state index in [0.29, 0.717) is 27.9 Å². The maximum Gasteiger partial charge on any atom is 0.278 e. The van der Waals surface area contributed by atoms with Crippen molar-refractivity contribution in [3.05, 3.63) is 88.4 Å². The average Bonchev–Trinajstić information content (AvgIpc) is 3.23. The molecule has 2 aromatic carbocycles. The lowest BCUT2D eigenvalue weighted by atomic mass is 10.2. The van der Waals surface area contributed by atoms with Crippen LogP contribution in [0.3, 0.4) is 0 Å². The van der Waals surface area contributed by atoms with Crippen molar-refractivity contribution in [1.29, 1.82) is 0 Å². The van der Waals surface area contributed by atoms with Crippen molar-refractivity contribution in [2.75, 3.05) is 5.32 Å². The summed E-state index contributed by atoms with van der Waals surface area (Å²) in [5.74, 6) is -0.594. The molecule has 0 bridgehead atoms. The van der Waals surface area contributed by atoms with Gasteiger partial charge < -0.3 is 11.1 Å². The Morgan fingerprint density at radius 1 is 1.03 bits per heavy atom. The summed E-state index contributed by atoms with van der Waals surface area (Å²) in [6.07, 6.45) is 3.31. The summed E-state index contributed by atoms with van der Waals surface area (Å²) in [7, 11) is 0. The number of nitrogens with two attached hydrogens (primary N) is 1. The summed E-state index contributed by atoms with van der Waals surface area (Å²) < 4.78 is 2.54. The Morgan fingerprint density at radius 3 is 2.38 bits per heavy atom. The van der Waals surface area contributed by atoms with E-state index < -0.39 is 11.8 Å². The zero-order chi connectivity index (χ0) is 22.5. The van der Waals surface area contributed by atoms with Crippen molar-refractivity contribution < 1.29 is 9.59 Å². The minimum absolute atomic E-state index is 0.176. The highest BCUT2D eigenvalue weighted by atomic mass is 79.9. The fourth-order valence-electron chi connectivity index (χ4n) is 2.80. The second-order valence-corrected chi connectivity index (χ2v) is 8.35. The number of benzene rings is 2. The summed E-state index contributed by atoms with van der Waals surface area (Å²) in [6, 6.07) is 15.5. The third-order valence-electron chi connectivity index (χ3n) is 4.36. The molecule has 4 rings (SSSR count). The number of hydrogen-bond donors (Lipinski definition) is 2. The Hall–Kier alpha value is -3.57. The second kappa shape index (κ2) is 9.71. The molecule has 0 radical (unpaired) electrons. The van der Waals surface area contributed by atoms with Gasteiger partial charge in [-0.15, -0.1) is 5.10 Å². The lowest BCUT2D eigenvalue weighted by Crippen LogP contribution is -2.16. The van der Waals surface area contributed by atoms with Crippen LogP contribution in [0, 0.1) is 0 Å². The van der Waals surface area contributed by atoms with E-state index in [-0.39, 0.29) is 5.69 Å². The van der Waals surface area contributed by atoms with Gasteiger partial charge in [-0.1, -0.05) is 32.9 Å². The minimum Gasteiger partial charge on any atom is -0.366 e. The molecule has 0 fully saturated rings. The van der Waals surface area contributed by atoms with Crippen molar-refractivity contribution >= 4 is 45.2 Å². The van der Waals surface area contributed by atoms with E-state index in [4.69, 9.17) is 5.73 Å². The topological polar surface area (TPSA) is 129 Å². The minimum atomic E-state index is -0.539. The first-order valence-electron chi connectivity index (χ1n) is 9.33. The number of hydrogen-bond acceptors (Lipinski definition) is 7. The number of nitrogens with one attached hydrogen (secondary N) is 1. The van der Waals surface area contributed by atoms with Gasteiger partial charge in [-0.2, -0.15) is 0 Å². The van der Waals surface area contributed by atoms with Gasteiger partial charge in [0.1, 0.15) is 0 Å². The molecule has 0 aliphatic carbocycles. The number of aromatic nitrogens is 5. The Labute approximate surface area is 195 Å². The molecule has 0 saturated carbocycles. The monoisotopic (exact) mass is 509 g/mol. The maximum absolute atomic E-state index is 13.0. The molecule has 32 heavy (non-hydrogen) atoms. The molecule has 160 valence electrons. The predicted molar refractivity (Wildman–Crippen MR) is 124 cm³/mol. The highest BCUT2D eigenvalue weighted by Crippen LogP contribution is 2.24. The van der Waals surface area contributed by atoms with Crippen LogP contribution in [0.25, 0.3) is 5.69 Å². The first kappa shape index (κ1) is 21.7. The molecule has 2 aromatic heterocycles. The molecule has 0 spiro atoms. The van der Waals surface area contributed by atoms with Crippen LogP contribution in [0.15, 0.2) is 76.6 Å². The number of amides is 2. The van der Waals surface area contributed by atoms with Gasteiger partial charge in [0.25, 0.3) is 5.91 Å². The van der Waals surface area contributed by atoms with E-state index >= 15 is 0 Å². The molecule has 9 nitrogen and oxygen atoms in total. The van der Waals surface area contributed by atoms with Crippen LogP contribution >= 0.6 is 27.7 Å². The van der Waals surface area contributed by atoms with Crippen molar-refractivity contribution in [3.8, 4) is 5.69 Å². The third kappa shape index (κ3) is 5.01. The fourth-order valence-corrected chi connectivity index (χ4v) is 3.86. The summed E-state index contributed by atoms with van der Waals surface area (Å²) in [5, 5.41) is 11.7. The molecular weight excluding hydrogens is 494 g/mol. The highest BCUT2D eigenvalue weighted by Gasteiger charge is 2.21. The zero-order valence-corrected chi connectivity index (χ0v) is 18.9. The van der Waals surface area contributed by atoms with Crippen LogP contribution in [0.4, 0.5) is 5.69 Å². The lowest BCUT2D eigenvalue weighted by molar-refractivity contribution is 0.0997.